The van der Waals surface area contributed by atoms with Crippen LogP contribution >= 0.6 is 0 Å². The van der Waals surface area contributed by atoms with E-state index in [1.165, 1.54) is 42.6 Å². The number of benzene rings is 4. The lowest BCUT2D eigenvalue weighted by molar-refractivity contribution is -0.384. The fourth-order valence-electron chi connectivity index (χ4n) is 4.13. The third-order valence-corrected chi connectivity index (χ3v) is 7.82. The highest BCUT2D eigenvalue weighted by Crippen LogP contribution is 2.31. The van der Waals surface area contributed by atoms with E-state index >= 15 is 0 Å². The number of carbonyl (C=O) groups excluding carboxylic acids is 1. The Bertz CT molecular complexity index is 1780. The van der Waals surface area contributed by atoms with Gasteiger partial charge in [0.1, 0.15) is 12.4 Å². The number of hydrogen-bond donors (Lipinski definition) is 0. The van der Waals surface area contributed by atoms with Crippen LogP contribution in [0.4, 0.5) is 5.69 Å². The molecule has 0 radical (unpaired) electrons. The smallest absolute Gasteiger partial charge is 0.270 e. The average Bonchev–Trinajstić information content (AvgIpc) is 3.32. The molecule has 0 atom stereocenters. The molecule has 1 aromatic heterocycles. The molecule has 0 aliphatic heterocycles. The zero-order valence-corrected chi connectivity index (χ0v) is 21.1. The fraction of sp³-hybridized carbons (Fsp3) is 0.0690. The summed E-state index contributed by atoms with van der Waals surface area (Å²) in [5.41, 5.74) is 2.05. The monoisotopic (exact) mass is 526 g/mol. The molecule has 8 nitrogen and oxygen atoms in total. The molecule has 4 aromatic carbocycles. The minimum absolute atomic E-state index is 0.0683. The van der Waals surface area contributed by atoms with E-state index < -0.39 is 20.7 Å². The number of aryl methyl sites for hydroxylation is 1. The molecule has 0 fully saturated rings. The van der Waals surface area contributed by atoms with Gasteiger partial charge in [0.25, 0.3) is 15.7 Å². The molecule has 0 aliphatic rings. The topological polar surface area (TPSA) is 109 Å². The van der Waals surface area contributed by atoms with Gasteiger partial charge < -0.3 is 4.74 Å². The number of nitro benzene ring substituents is 1. The van der Waals surface area contributed by atoms with Crippen LogP contribution in [-0.4, -0.2) is 23.1 Å². The normalized spacial score (nSPS) is 11.4. The average molecular weight is 527 g/mol. The number of fused-ring (bicyclic) bond motifs is 1. The maximum Gasteiger partial charge on any atom is 0.270 e. The molecule has 9 heteroatoms. The molecule has 5 aromatic rings. The number of non-ortho nitro benzene ring substituents is 1. The van der Waals surface area contributed by atoms with Gasteiger partial charge in [0.05, 0.1) is 15.3 Å². The van der Waals surface area contributed by atoms with Crippen molar-refractivity contribution in [3.05, 3.63) is 136 Å². The molecule has 0 spiro atoms. The number of rotatable bonds is 8. The molecule has 0 bridgehead atoms. The predicted octanol–water partition coefficient (Wildman–Crippen LogP) is 5.90. The van der Waals surface area contributed by atoms with E-state index in [0.29, 0.717) is 11.1 Å². The van der Waals surface area contributed by atoms with Crippen LogP contribution in [0.25, 0.3) is 10.9 Å². The molecule has 5 rings (SSSR count). The number of nitrogens with zero attached hydrogens (tertiary/aromatic N) is 2. The Balaban J connectivity index is 1.64. The van der Waals surface area contributed by atoms with Crippen LogP contribution < -0.4 is 4.74 Å². The Morgan fingerprint density at radius 2 is 1.66 bits per heavy atom. The standard InChI is InChI=1S/C29H22N2O6S/c1-20-10-13-25(14-11-20)38(35,36)30-18-27(29(32)22-8-5-9-23(16-22)31(33)34)26-17-24(12-15-28(26)30)37-19-21-6-3-2-4-7-21/h2-18H,19H2,1H3. The van der Waals surface area contributed by atoms with Crippen molar-refractivity contribution in [2.24, 2.45) is 0 Å². The lowest BCUT2D eigenvalue weighted by Gasteiger charge is -2.09. The first-order valence-corrected chi connectivity index (χ1v) is 13.1. The minimum Gasteiger partial charge on any atom is -0.489 e. The van der Waals surface area contributed by atoms with E-state index in [0.717, 1.165) is 15.1 Å². The summed E-state index contributed by atoms with van der Waals surface area (Å²) in [7, 11) is -4.05. The lowest BCUT2D eigenvalue weighted by Crippen LogP contribution is -2.12. The summed E-state index contributed by atoms with van der Waals surface area (Å²) >= 11 is 0. The van der Waals surface area contributed by atoms with Gasteiger partial charge >= 0.3 is 0 Å². The summed E-state index contributed by atoms with van der Waals surface area (Å²) in [5.74, 6) is -0.100. The number of nitro groups is 1. The maximum absolute atomic E-state index is 13.6. The Morgan fingerprint density at radius 3 is 2.37 bits per heavy atom. The highest BCUT2D eigenvalue weighted by molar-refractivity contribution is 7.90. The van der Waals surface area contributed by atoms with Crippen LogP contribution in [0, 0.1) is 17.0 Å². The van der Waals surface area contributed by atoms with Gasteiger partial charge in [-0.1, -0.05) is 60.2 Å². The summed E-state index contributed by atoms with van der Waals surface area (Å²) in [6.45, 7) is 2.14. The van der Waals surface area contributed by atoms with Crippen molar-refractivity contribution in [1.82, 2.24) is 3.97 Å². The van der Waals surface area contributed by atoms with E-state index in [9.17, 15) is 23.3 Å². The van der Waals surface area contributed by atoms with Gasteiger partial charge in [0, 0.05) is 34.8 Å². The van der Waals surface area contributed by atoms with E-state index in [1.54, 1.807) is 30.3 Å². The van der Waals surface area contributed by atoms with E-state index in [4.69, 9.17) is 4.74 Å². The molecule has 190 valence electrons. The van der Waals surface area contributed by atoms with Crippen molar-refractivity contribution < 1.29 is 22.9 Å². The largest absolute Gasteiger partial charge is 0.489 e. The third kappa shape index (κ3) is 4.79. The van der Waals surface area contributed by atoms with Crippen molar-refractivity contribution in [3.8, 4) is 5.75 Å². The van der Waals surface area contributed by atoms with E-state index in [2.05, 4.69) is 0 Å². The first-order chi connectivity index (χ1) is 18.2. The van der Waals surface area contributed by atoms with Crippen LogP contribution in [0.1, 0.15) is 27.0 Å². The fourth-order valence-corrected chi connectivity index (χ4v) is 5.50. The first-order valence-electron chi connectivity index (χ1n) is 11.7. The second kappa shape index (κ2) is 9.95. The molecule has 0 N–H and O–H groups in total. The molecule has 0 amide bonds. The summed E-state index contributed by atoms with van der Waals surface area (Å²) in [6.07, 6.45) is 1.27. The Kier molecular flexibility index (Phi) is 6.52. The van der Waals surface area contributed by atoms with Crippen molar-refractivity contribution in [1.29, 1.82) is 0 Å². The quantitative estimate of drug-likeness (QED) is 0.141. The zero-order chi connectivity index (χ0) is 26.9. The minimum atomic E-state index is -4.05. The molecule has 0 saturated heterocycles. The third-order valence-electron chi connectivity index (χ3n) is 6.13. The number of hydrogen-bond acceptors (Lipinski definition) is 6. The summed E-state index contributed by atoms with van der Waals surface area (Å²) in [4.78, 5) is 24.3. The molecule has 0 saturated carbocycles. The van der Waals surface area contributed by atoms with E-state index in [1.807, 2.05) is 37.3 Å². The summed E-state index contributed by atoms with van der Waals surface area (Å²) < 4.78 is 34.2. The second-order valence-electron chi connectivity index (χ2n) is 8.75. The zero-order valence-electron chi connectivity index (χ0n) is 20.3. The number of aromatic nitrogens is 1. The number of ether oxygens (including phenoxy) is 1. The SMILES string of the molecule is Cc1ccc(S(=O)(=O)n2cc(C(=O)c3cccc([N+](=O)[O-])c3)c3cc(OCc4ccccc4)ccc32)cc1. The number of carbonyl (C=O) groups is 1. The molecule has 0 unspecified atom stereocenters. The van der Waals surface area contributed by atoms with Gasteiger partial charge in [0.2, 0.25) is 0 Å². The van der Waals surface area contributed by atoms with Gasteiger partial charge in [-0.2, -0.15) is 0 Å². The first kappa shape index (κ1) is 24.9. The van der Waals surface area contributed by atoms with Crippen molar-refractivity contribution >= 4 is 32.4 Å². The Morgan fingerprint density at radius 1 is 0.921 bits per heavy atom. The van der Waals surface area contributed by atoms with Gasteiger partial charge in [-0.25, -0.2) is 12.4 Å². The summed E-state index contributed by atoms with van der Waals surface area (Å²) in [6, 6.07) is 26.1. The molecule has 1 heterocycles. The van der Waals surface area contributed by atoms with Crippen molar-refractivity contribution in [2.75, 3.05) is 0 Å². The second-order valence-corrected chi connectivity index (χ2v) is 10.6. The summed E-state index contributed by atoms with van der Waals surface area (Å²) in [5, 5.41) is 11.6. The van der Waals surface area contributed by atoms with Crippen molar-refractivity contribution in [3.63, 3.8) is 0 Å². The lowest BCUT2D eigenvalue weighted by atomic mass is 10.0. The van der Waals surface area contributed by atoms with Crippen LogP contribution in [-0.2, 0) is 16.6 Å². The van der Waals surface area contributed by atoms with Gasteiger partial charge in [-0.3, -0.25) is 14.9 Å². The van der Waals surface area contributed by atoms with Gasteiger partial charge in [-0.15, -0.1) is 0 Å². The van der Waals surface area contributed by atoms with Gasteiger partial charge in [0.15, 0.2) is 5.78 Å². The molecular formula is C29H22N2O6S. The van der Waals surface area contributed by atoms with Gasteiger partial charge in [-0.05, 0) is 42.8 Å². The van der Waals surface area contributed by atoms with Crippen LogP contribution in [0.2, 0.25) is 0 Å². The molecule has 38 heavy (non-hydrogen) atoms. The Hall–Kier alpha value is -4.76. The predicted molar refractivity (Wildman–Crippen MR) is 143 cm³/mol. The van der Waals surface area contributed by atoms with Crippen LogP contribution in [0.15, 0.2) is 108 Å². The Labute approximate surface area is 218 Å². The highest BCUT2D eigenvalue weighted by Gasteiger charge is 2.25. The van der Waals surface area contributed by atoms with Crippen molar-refractivity contribution in [2.45, 2.75) is 18.4 Å². The molecular weight excluding hydrogens is 504 g/mol. The van der Waals surface area contributed by atoms with Crippen LogP contribution in [0.5, 0.6) is 5.75 Å². The van der Waals surface area contributed by atoms with Crippen LogP contribution in [0.3, 0.4) is 0 Å². The molecule has 0 aliphatic carbocycles. The maximum atomic E-state index is 13.6. The van der Waals surface area contributed by atoms with E-state index in [-0.39, 0.29) is 33.8 Å². The number of ketones is 1. The highest BCUT2D eigenvalue weighted by atomic mass is 32.2.